The molecule has 0 aromatic heterocycles. The van der Waals surface area contributed by atoms with Crippen LogP contribution in [0.2, 0.25) is 0 Å². The molecule has 0 spiro atoms. The Hall–Kier alpha value is -1.33. The largest absolute Gasteiger partial charge is 0.870 e. The summed E-state index contributed by atoms with van der Waals surface area (Å²) in [5.74, 6) is -0.329. The second-order valence-electron chi connectivity index (χ2n) is 2.35. The van der Waals surface area contributed by atoms with Crippen LogP contribution >= 0.6 is 0 Å². The van der Waals surface area contributed by atoms with Gasteiger partial charge in [-0.05, 0) is 0 Å². The van der Waals surface area contributed by atoms with Gasteiger partial charge in [-0.3, -0.25) is 0 Å². The third-order valence-corrected chi connectivity index (χ3v) is 1.40. The molecule has 0 unspecified atom stereocenters. The normalized spacial score (nSPS) is 8.21. The van der Waals surface area contributed by atoms with Gasteiger partial charge < -0.3 is 11.0 Å². The Morgan fingerprint density at radius 2 is 2.07 bits per heavy atom. The molecule has 74 valence electrons. The van der Waals surface area contributed by atoms with E-state index in [-0.39, 0.29) is 16.9 Å². The summed E-state index contributed by atoms with van der Waals surface area (Å²) in [6.45, 7) is 2.15. The first-order valence-corrected chi connectivity index (χ1v) is 3.76. The molecule has 0 bridgehead atoms. The van der Waals surface area contributed by atoms with E-state index in [1.807, 2.05) is 0 Å². The van der Waals surface area contributed by atoms with Gasteiger partial charge in [0, 0.05) is 0 Å². The molecule has 0 saturated heterocycles. The molecule has 0 radical (unpaired) electrons. The monoisotopic (exact) mass is 194 g/mol. The zero-order valence-corrected chi connectivity index (χ0v) is 7.80. The average Bonchev–Trinajstić information content (AvgIpc) is 2.05. The maximum absolute atomic E-state index is 11.1. The van der Waals surface area contributed by atoms with E-state index >= 15 is 0 Å². The first-order valence-electron chi connectivity index (χ1n) is 3.76. The van der Waals surface area contributed by atoms with Crippen molar-refractivity contribution in [1.82, 2.24) is 0 Å². The number of benzene rings is 1. The van der Waals surface area contributed by atoms with Crippen LogP contribution in [0.25, 0.3) is 0 Å². The van der Waals surface area contributed by atoms with Crippen molar-refractivity contribution < 1.29 is 20.5 Å². The fourth-order valence-electron chi connectivity index (χ4n) is 0.880. The number of carbonyl (C=O) groups excluding carboxylic acids is 1. The SMILES string of the molecule is [B+2]c1cccc(C(=O)OCC)c1.[OH-].[OH-]. The molecule has 0 heterocycles. The van der Waals surface area contributed by atoms with Crippen molar-refractivity contribution in [2.24, 2.45) is 0 Å². The van der Waals surface area contributed by atoms with Gasteiger partial charge in [0.05, 0.1) is 0 Å². The van der Waals surface area contributed by atoms with E-state index in [2.05, 4.69) is 0 Å². The Labute approximate surface area is 83.9 Å². The van der Waals surface area contributed by atoms with E-state index in [1.165, 1.54) is 0 Å². The Bertz CT molecular complexity index is 288. The van der Waals surface area contributed by atoms with Crippen LogP contribution in [0.5, 0.6) is 0 Å². The summed E-state index contributed by atoms with van der Waals surface area (Å²) in [4.78, 5) is 11.1. The predicted molar refractivity (Wildman–Crippen MR) is 51.7 cm³/mol. The maximum atomic E-state index is 11.1. The van der Waals surface area contributed by atoms with E-state index in [1.54, 1.807) is 31.2 Å². The Kier molecular flexibility index (Phi) is 7.70. The van der Waals surface area contributed by atoms with Crippen molar-refractivity contribution in [3.63, 3.8) is 0 Å². The molecule has 1 rings (SSSR count). The number of esters is 1. The standard InChI is InChI=1S/C9H9BO2.2H2O/c1-2-12-9(11)7-4-3-5-8(10)6-7;;/h3-6H,2H2,1H3;2*1H2/q+2;;/p-2. The number of hydrogen-bond donors (Lipinski definition) is 0. The van der Waals surface area contributed by atoms with Crippen LogP contribution in [0.1, 0.15) is 17.3 Å². The topological polar surface area (TPSA) is 86.3 Å². The molecule has 0 amide bonds. The third kappa shape index (κ3) is 4.07. The molecule has 0 atom stereocenters. The van der Waals surface area contributed by atoms with Crippen molar-refractivity contribution in [2.75, 3.05) is 6.61 Å². The van der Waals surface area contributed by atoms with Gasteiger partial charge in [-0.2, -0.15) is 0 Å². The average molecular weight is 194 g/mol. The molecular weight excluding hydrogens is 183 g/mol. The second-order valence-corrected chi connectivity index (χ2v) is 2.35. The quantitative estimate of drug-likeness (QED) is 0.500. The van der Waals surface area contributed by atoms with Crippen molar-refractivity contribution >= 4 is 19.3 Å². The van der Waals surface area contributed by atoms with Crippen molar-refractivity contribution in [3.8, 4) is 0 Å². The molecule has 14 heavy (non-hydrogen) atoms. The van der Waals surface area contributed by atoms with Crippen LogP contribution in [0, 0.1) is 0 Å². The fraction of sp³-hybridized carbons (Fsp3) is 0.222. The second kappa shape index (κ2) is 7.11. The number of rotatable bonds is 2. The molecule has 0 saturated carbocycles. The van der Waals surface area contributed by atoms with E-state index in [4.69, 9.17) is 12.6 Å². The van der Waals surface area contributed by atoms with Crippen molar-refractivity contribution in [3.05, 3.63) is 29.8 Å². The summed E-state index contributed by atoms with van der Waals surface area (Å²) >= 11 is 0. The van der Waals surface area contributed by atoms with Crippen LogP contribution < -0.4 is 5.46 Å². The smallest absolute Gasteiger partial charge is 0.870 e. The van der Waals surface area contributed by atoms with Crippen molar-refractivity contribution in [1.29, 1.82) is 0 Å². The van der Waals surface area contributed by atoms with E-state index in [0.29, 0.717) is 17.6 Å². The number of carbonyl (C=O) groups is 1. The van der Waals surface area contributed by atoms with Gasteiger partial charge in [-0.25, -0.2) is 0 Å². The van der Waals surface area contributed by atoms with Crippen LogP contribution in [0.15, 0.2) is 24.3 Å². The van der Waals surface area contributed by atoms with E-state index < -0.39 is 0 Å². The van der Waals surface area contributed by atoms with Crippen molar-refractivity contribution in [2.45, 2.75) is 6.92 Å². The minimum absolute atomic E-state index is 0. The first kappa shape index (κ1) is 15.2. The molecular formula is C9H11BO4. The first-order chi connectivity index (χ1) is 5.74. The molecule has 1 aromatic rings. The van der Waals surface area contributed by atoms with Gasteiger partial charge in [0.15, 0.2) is 0 Å². The molecule has 0 aliphatic carbocycles. The van der Waals surface area contributed by atoms with E-state index in [0.717, 1.165) is 0 Å². The van der Waals surface area contributed by atoms with Gasteiger partial charge in [0.1, 0.15) is 0 Å². The van der Waals surface area contributed by atoms with Gasteiger partial charge >= 0.3 is 72.2 Å². The van der Waals surface area contributed by atoms with Gasteiger partial charge in [-0.15, -0.1) is 0 Å². The summed E-state index contributed by atoms with van der Waals surface area (Å²) in [6, 6.07) is 6.72. The minimum atomic E-state index is -0.329. The maximum Gasteiger partial charge on any atom is -0.870 e. The van der Waals surface area contributed by atoms with Crippen LogP contribution in [0.4, 0.5) is 0 Å². The van der Waals surface area contributed by atoms with Gasteiger partial charge in [0.25, 0.3) is 0 Å². The summed E-state index contributed by atoms with van der Waals surface area (Å²) in [6.07, 6.45) is 0. The van der Waals surface area contributed by atoms with Crippen LogP contribution in [-0.4, -0.2) is 31.4 Å². The van der Waals surface area contributed by atoms with Crippen LogP contribution in [-0.2, 0) is 4.74 Å². The fourth-order valence-corrected chi connectivity index (χ4v) is 0.880. The summed E-state index contributed by atoms with van der Waals surface area (Å²) in [7, 11) is 5.48. The molecule has 0 aliphatic rings. The Morgan fingerprint density at radius 1 is 1.43 bits per heavy atom. The molecule has 4 nitrogen and oxygen atoms in total. The van der Waals surface area contributed by atoms with Gasteiger partial charge in [0.2, 0.25) is 0 Å². The Balaban J connectivity index is 0. The molecule has 1 aromatic carbocycles. The van der Waals surface area contributed by atoms with E-state index in [9.17, 15) is 4.79 Å². The summed E-state index contributed by atoms with van der Waals surface area (Å²) < 4.78 is 4.79. The van der Waals surface area contributed by atoms with Crippen LogP contribution in [0.3, 0.4) is 0 Å². The zero-order chi connectivity index (χ0) is 8.97. The number of ether oxygens (including phenoxy) is 1. The number of hydrogen-bond acceptors (Lipinski definition) is 4. The Morgan fingerprint density at radius 3 is 2.57 bits per heavy atom. The predicted octanol–water partition coefficient (Wildman–Crippen LogP) is 0.303. The zero-order valence-electron chi connectivity index (χ0n) is 7.80. The van der Waals surface area contributed by atoms with Gasteiger partial charge in [-0.1, -0.05) is 0 Å². The molecule has 2 N–H and O–H groups in total. The molecule has 0 aliphatic heterocycles. The third-order valence-electron chi connectivity index (χ3n) is 1.40. The summed E-state index contributed by atoms with van der Waals surface area (Å²) in [5, 5.41) is 0. The summed E-state index contributed by atoms with van der Waals surface area (Å²) in [5.41, 5.74) is 1.07. The molecule has 5 heteroatoms. The molecule has 0 fully saturated rings. The minimum Gasteiger partial charge on any atom is -0.870 e.